The molecule has 1 aromatic heterocycles. The van der Waals surface area contributed by atoms with E-state index < -0.39 is 5.97 Å². The van der Waals surface area contributed by atoms with E-state index in [2.05, 4.69) is 10.3 Å². The number of carbonyl (C=O) groups excluding carboxylic acids is 1. The normalized spacial score (nSPS) is 10.1. The first-order chi connectivity index (χ1) is 9.61. The molecule has 20 heavy (non-hydrogen) atoms. The third kappa shape index (κ3) is 3.06. The number of benzene rings is 1. The highest BCUT2D eigenvalue weighted by Crippen LogP contribution is 2.19. The lowest BCUT2D eigenvalue weighted by molar-refractivity contribution is 0.0602. The summed E-state index contributed by atoms with van der Waals surface area (Å²) in [5.74, 6) is -0.441. The van der Waals surface area contributed by atoms with Gasteiger partial charge in [-0.25, -0.2) is 4.79 Å². The number of nitrogen functional groups attached to an aromatic ring is 1. The lowest BCUT2D eigenvalue weighted by Crippen LogP contribution is -2.07. The molecule has 0 spiro atoms. The molecule has 2 rings (SSSR count). The number of nitrogens with zero attached hydrogens (tertiary/aromatic N) is 1. The van der Waals surface area contributed by atoms with Gasteiger partial charge in [-0.3, -0.25) is 4.98 Å². The molecule has 1 heterocycles. The van der Waals surface area contributed by atoms with Crippen molar-refractivity contribution in [1.82, 2.24) is 4.98 Å². The number of aromatic nitrogens is 1. The van der Waals surface area contributed by atoms with Gasteiger partial charge in [0, 0.05) is 30.3 Å². The van der Waals surface area contributed by atoms with E-state index >= 15 is 0 Å². The number of hydrogen-bond donors (Lipinski definition) is 2. The van der Waals surface area contributed by atoms with Gasteiger partial charge < -0.3 is 15.8 Å². The van der Waals surface area contributed by atoms with Crippen molar-refractivity contribution in [3.05, 3.63) is 53.3 Å². The number of carbonyl (C=O) groups is 1. The SMILES string of the molecule is COC(=O)c1cc(NCc2cnccc2C)ccc1N. The highest BCUT2D eigenvalue weighted by atomic mass is 16.5. The minimum absolute atomic E-state index is 0.361. The van der Waals surface area contributed by atoms with E-state index in [4.69, 9.17) is 10.5 Å². The standard InChI is InChI=1S/C15H17N3O2/c1-10-5-6-17-8-11(10)9-18-12-3-4-14(16)13(7-12)15(19)20-2/h3-8,18H,9,16H2,1-2H3. The van der Waals surface area contributed by atoms with Crippen LogP contribution in [0.4, 0.5) is 11.4 Å². The maximum absolute atomic E-state index is 11.6. The number of hydrogen-bond acceptors (Lipinski definition) is 5. The molecule has 0 aliphatic rings. The van der Waals surface area contributed by atoms with Crippen molar-refractivity contribution in [1.29, 1.82) is 0 Å². The van der Waals surface area contributed by atoms with Gasteiger partial charge in [-0.05, 0) is 42.3 Å². The average molecular weight is 271 g/mol. The maximum atomic E-state index is 11.6. The average Bonchev–Trinajstić information content (AvgIpc) is 2.47. The first kappa shape index (κ1) is 13.9. The maximum Gasteiger partial charge on any atom is 0.340 e. The van der Waals surface area contributed by atoms with Crippen LogP contribution in [0.5, 0.6) is 0 Å². The van der Waals surface area contributed by atoms with Crippen LogP contribution < -0.4 is 11.1 Å². The van der Waals surface area contributed by atoms with Crippen LogP contribution in [0.25, 0.3) is 0 Å². The predicted octanol–water partition coefficient (Wildman–Crippen LogP) is 2.37. The summed E-state index contributed by atoms with van der Waals surface area (Å²) < 4.78 is 4.70. The first-order valence-corrected chi connectivity index (χ1v) is 6.23. The fourth-order valence-electron chi connectivity index (χ4n) is 1.83. The Kier molecular flexibility index (Phi) is 4.20. The van der Waals surface area contributed by atoms with E-state index in [-0.39, 0.29) is 0 Å². The number of methoxy groups -OCH3 is 1. The number of aryl methyl sites for hydroxylation is 1. The van der Waals surface area contributed by atoms with Gasteiger partial charge in [0.05, 0.1) is 12.7 Å². The molecule has 0 bridgehead atoms. The van der Waals surface area contributed by atoms with Crippen LogP contribution >= 0.6 is 0 Å². The summed E-state index contributed by atoms with van der Waals surface area (Å²) in [5, 5.41) is 3.25. The Bertz CT molecular complexity index is 626. The second-order valence-electron chi connectivity index (χ2n) is 4.45. The van der Waals surface area contributed by atoms with E-state index in [1.165, 1.54) is 7.11 Å². The van der Waals surface area contributed by atoms with Crippen molar-refractivity contribution < 1.29 is 9.53 Å². The summed E-state index contributed by atoms with van der Waals surface area (Å²) in [4.78, 5) is 15.7. The second-order valence-corrected chi connectivity index (χ2v) is 4.45. The molecule has 0 radical (unpaired) electrons. The molecule has 0 unspecified atom stereocenters. The van der Waals surface area contributed by atoms with Crippen molar-refractivity contribution in [2.75, 3.05) is 18.2 Å². The van der Waals surface area contributed by atoms with Crippen LogP contribution in [0.2, 0.25) is 0 Å². The fraction of sp³-hybridized carbons (Fsp3) is 0.200. The molecule has 2 aromatic rings. The Hall–Kier alpha value is -2.56. The van der Waals surface area contributed by atoms with Crippen molar-refractivity contribution in [3.63, 3.8) is 0 Å². The van der Waals surface area contributed by atoms with Gasteiger partial charge in [-0.15, -0.1) is 0 Å². The van der Waals surface area contributed by atoms with Crippen molar-refractivity contribution in [2.24, 2.45) is 0 Å². The van der Waals surface area contributed by atoms with Crippen molar-refractivity contribution in [3.8, 4) is 0 Å². The molecule has 5 nitrogen and oxygen atoms in total. The number of nitrogens with two attached hydrogens (primary N) is 1. The Morgan fingerprint density at radius 3 is 2.90 bits per heavy atom. The van der Waals surface area contributed by atoms with E-state index in [0.29, 0.717) is 17.8 Å². The Morgan fingerprint density at radius 1 is 1.40 bits per heavy atom. The van der Waals surface area contributed by atoms with Crippen LogP contribution in [0.1, 0.15) is 21.5 Å². The zero-order valence-electron chi connectivity index (χ0n) is 11.5. The highest BCUT2D eigenvalue weighted by molar-refractivity contribution is 5.96. The number of ether oxygens (including phenoxy) is 1. The first-order valence-electron chi connectivity index (χ1n) is 6.23. The van der Waals surface area contributed by atoms with E-state index in [0.717, 1.165) is 16.8 Å². The highest BCUT2D eigenvalue weighted by Gasteiger charge is 2.10. The summed E-state index contributed by atoms with van der Waals surface area (Å²) in [6.07, 6.45) is 3.58. The zero-order chi connectivity index (χ0) is 14.5. The van der Waals surface area contributed by atoms with Crippen LogP contribution in [-0.2, 0) is 11.3 Å². The molecule has 104 valence electrons. The van der Waals surface area contributed by atoms with E-state index in [1.807, 2.05) is 25.3 Å². The Balaban J connectivity index is 2.14. The molecule has 0 saturated heterocycles. The molecule has 0 amide bonds. The summed E-state index contributed by atoms with van der Waals surface area (Å²) in [6, 6.07) is 7.16. The van der Waals surface area contributed by atoms with Gasteiger partial charge in [0.25, 0.3) is 0 Å². The summed E-state index contributed by atoms with van der Waals surface area (Å²) in [6.45, 7) is 2.66. The number of anilines is 2. The van der Waals surface area contributed by atoms with Gasteiger partial charge in [0.2, 0.25) is 0 Å². The molecule has 0 saturated carbocycles. The smallest absolute Gasteiger partial charge is 0.340 e. The van der Waals surface area contributed by atoms with E-state index in [1.54, 1.807) is 18.3 Å². The largest absolute Gasteiger partial charge is 0.465 e. The fourth-order valence-corrected chi connectivity index (χ4v) is 1.83. The van der Waals surface area contributed by atoms with Gasteiger partial charge in [-0.2, -0.15) is 0 Å². The van der Waals surface area contributed by atoms with Gasteiger partial charge in [0.1, 0.15) is 0 Å². The second kappa shape index (κ2) is 6.06. The quantitative estimate of drug-likeness (QED) is 0.659. The molecular formula is C15H17N3O2. The topological polar surface area (TPSA) is 77.2 Å². The lowest BCUT2D eigenvalue weighted by Gasteiger charge is -2.11. The van der Waals surface area contributed by atoms with E-state index in [9.17, 15) is 4.79 Å². The Labute approximate surface area is 117 Å². The third-order valence-electron chi connectivity index (χ3n) is 3.09. The molecule has 0 atom stereocenters. The summed E-state index contributed by atoms with van der Waals surface area (Å²) in [7, 11) is 1.33. The lowest BCUT2D eigenvalue weighted by atomic mass is 10.1. The predicted molar refractivity (Wildman–Crippen MR) is 78.5 cm³/mol. The molecule has 0 fully saturated rings. The molecule has 1 aromatic carbocycles. The van der Waals surface area contributed by atoms with Crippen LogP contribution in [0.15, 0.2) is 36.7 Å². The summed E-state index contributed by atoms with van der Waals surface area (Å²) in [5.41, 5.74) is 9.60. The molecule has 0 aliphatic heterocycles. The van der Waals surface area contributed by atoms with Crippen molar-refractivity contribution in [2.45, 2.75) is 13.5 Å². The molecule has 3 N–H and O–H groups in total. The zero-order valence-corrected chi connectivity index (χ0v) is 11.5. The van der Waals surface area contributed by atoms with Crippen molar-refractivity contribution >= 4 is 17.3 Å². The van der Waals surface area contributed by atoms with Gasteiger partial charge in [0.15, 0.2) is 0 Å². The molecule has 0 aliphatic carbocycles. The monoisotopic (exact) mass is 271 g/mol. The van der Waals surface area contributed by atoms with Gasteiger partial charge >= 0.3 is 5.97 Å². The van der Waals surface area contributed by atoms with Crippen LogP contribution in [0, 0.1) is 6.92 Å². The number of rotatable bonds is 4. The van der Waals surface area contributed by atoms with Crippen LogP contribution in [0.3, 0.4) is 0 Å². The molecule has 5 heteroatoms. The Morgan fingerprint density at radius 2 is 2.20 bits per heavy atom. The molecular weight excluding hydrogens is 254 g/mol. The minimum Gasteiger partial charge on any atom is -0.465 e. The number of pyridine rings is 1. The number of esters is 1. The number of nitrogens with one attached hydrogen (secondary N) is 1. The third-order valence-corrected chi connectivity index (χ3v) is 3.09. The van der Waals surface area contributed by atoms with Gasteiger partial charge in [-0.1, -0.05) is 0 Å². The summed E-state index contributed by atoms with van der Waals surface area (Å²) >= 11 is 0. The van der Waals surface area contributed by atoms with Crippen LogP contribution in [-0.4, -0.2) is 18.1 Å². The minimum atomic E-state index is -0.441.